The molecule has 0 amide bonds. The smallest absolute Gasteiger partial charge is 0.164 e. The van der Waals surface area contributed by atoms with Gasteiger partial charge in [0.2, 0.25) is 0 Å². The van der Waals surface area contributed by atoms with Crippen LogP contribution >= 0.6 is 0 Å². The second kappa shape index (κ2) is 8.85. The molecule has 2 heterocycles. The molecule has 0 fully saturated rings. The largest absolute Gasteiger partial charge is 0.309 e. The summed E-state index contributed by atoms with van der Waals surface area (Å²) in [5, 5.41) is 2.47. The van der Waals surface area contributed by atoms with E-state index in [4.69, 9.17) is 15.0 Å². The van der Waals surface area contributed by atoms with Gasteiger partial charge in [-0.15, -0.1) is 0 Å². The highest BCUT2D eigenvalue weighted by Crippen LogP contribution is 2.33. The van der Waals surface area contributed by atoms with Gasteiger partial charge < -0.3 is 4.57 Å². The minimum Gasteiger partial charge on any atom is -0.309 e. The zero-order valence-electron chi connectivity index (χ0n) is 20.0. The molecule has 0 aliphatic rings. The van der Waals surface area contributed by atoms with Crippen LogP contribution in [0.2, 0.25) is 0 Å². The van der Waals surface area contributed by atoms with Crippen molar-refractivity contribution in [1.29, 1.82) is 0 Å². The predicted octanol–water partition coefficient (Wildman–Crippen LogP) is 7.97. The molecule has 0 spiro atoms. The molecule has 4 nitrogen and oxygen atoms in total. The van der Waals surface area contributed by atoms with Crippen molar-refractivity contribution in [2.45, 2.75) is 0 Å². The normalized spacial score (nSPS) is 11.2. The molecule has 0 saturated heterocycles. The molecule has 2 aromatic heterocycles. The average molecular weight is 475 g/mol. The lowest BCUT2D eigenvalue weighted by atomic mass is 10.1. The number of para-hydroxylation sites is 2. The Kier molecular flexibility index (Phi) is 5.07. The molecule has 4 heteroatoms. The van der Waals surface area contributed by atoms with Gasteiger partial charge in [0.15, 0.2) is 17.5 Å². The van der Waals surface area contributed by atoms with Gasteiger partial charge in [0.1, 0.15) is 0 Å². The van der Waals surface area contributed by atoms with Crippen LogP contribution in [0.1, 0.15) is 0 Å². The minimum absolute atomic E-state index is 0.648. The Morgan fingerprint density at radius 3 is 1.35 bits per heavy atom. The monoisotopic (exact) mass is 474 g/mol. The molecule has 0 bridgehead atoms. The molecule has 0 radical (unpaired) electrons. The number of benzene rings is 5. The summed E-state index contributed by atoms with van der Waals surface area (Å²) in [6.45, 7) is 0. The first kappa shape index (κ1) is 21.2. The Bertz CT molecular complexity index is 1760. The SMILES string of the molecule is c1ccc(-c2nc(-c3ccccc3)nc(-c3cccc(-n4c5ccccc5c5ccccc54)c3)n2)cc1. The number of nitrogens with zero attached hydrogens (tertiary/aromatic N) is 4. The zero-order valence-corrected chi connectivity index (χ0v) is 20.0. The second-order valence-electron chi connectivity index (χ2n) is 8.96. The van der Waals surface area contributed by atoms with Crippen LogP contribution < -0.4 is 0 Å². The van der Waals surface area contributed by atoms with Crippen molar-refractivity contribution in [3.63, 3.8) is 0 Å². The maximum absolute atomic E-state index is 4.92. The topological polar surface area (TPSA) is 43.6 Å². The molecular formula is C33H22N4. The zero-order chi connectivity index (χ0) is 24.6. The Morgan fingerprint density at radius 2 is 0.811 bits per heavy atom. The quantitative estimate of drug-likeness (QED) is 0.260. The predicted molar refractivity (Wildman–Crippen MR) is 150 cm³/mol. The summed E-state index contributed by atoms with van der Waals surface area (Å²) >= 11 is 0. The fourth-order valence-electron chi connectivity index (χ4n) is 4.92. The van der Waals surface area contributed by atoms with Crippen molar-refractivity contribution in [2.24, 2.45) is 0 Å². The first-order valence-electron chi connectivity index (χ1n) is 12.3. The molecule has 0 aliphatic carbocycles. The van der Waals surface area contributed by atoms with E-state index in [1.807, 2.05) is 60.7 Å². The Hall–Kier alpha value is -5.09. The molecule has 0 N–H and O–H groups in total. The lowest BCUT2D eigenvalue weighted by Crippen LogP contribution is -2.01. The molecule has 7 rings (SSSR count). The van der Waals surface area contributed by atoms with Crippen LogP contribution in [0.5, 0.6) is 0 Å². The van der Waals surface area contributed by atoms with Gasteiger partial charge in [0.25, 0.3) is 0 Å². The first-order chi connectivity index (χ1) is 18.3. The van der Waals surface area contributed by atoms with Crippen molar-refractivity contribution in [3.05, 3.63) is 133 Å². The highest BCUT2D eigenvalue weighted by atomic mass is 15.0. The van der Waals surface area contributed by atoms with Crippen LogP contribution in [0.25, 0.3) is 61.7 Å². The van der Waals surface area contributed by atoms with Gasteiger partial charge in [-0.1, -0.05) is 109 Å². The Morgan fingerprint density at radius 1 is 0.378 bits per heavy atom. The molecule has 37 heavy (non-hydrogen) atoms. The number of hydrogen-bond donors (Lipinski definition) is 0. The standard InChI is InChI=1S/C33H22N4/c1-3-12-23(13-4-1)31-34-32(24-14-5-2-6-15-24)36-33(35-31)25-16-11-17-26(22-25)37-29-20-9-7-18-27(29)28-19-8-10-21-30(28)37/h1-22H. The maximum Gasteiger partial charge on any atom is 0.164 e. The third kappa shape index (κ3) is 3.76. The summed E-state index contributed by atoms with van der Waals surface area (Å²) < 4.78 is 2.31. The lowest BCUT2D eigenvalue weighted by Gasteiger charge is -2.11. The second-order valence-corrected chi connectivity index (χ2v) is 8.96. The molecule has 0 aliphatic heterocycles. The van der Waals surface area contributed by atoms with Crippen molar-refractivity contribution in [1.82, 2.24) is 19.5 Å². The van der Waals surface area contributed by atoms with Crippen LogP contribution in [0, 0.1) is 0 Å². The van der Waals surface area contributed by atoms with Gasteiger partial charge >= 0.3 is 0 Å². The third-order valence-corrected chi connectivity index (χ3v) is 6.64. The molecule has 5 aromatic carbocycles. The molecule has 0 unspecified atom stereocenters. The van der Waals surface area contributed by atoms with Gasteiger partial charge in [-0.05, 0) is 24.3 Å². The van der Waals surface area contributed by atoms with E-state index < -0.39 is 0 Å². The number of rotatable bonds is 4. The summed E-state index contributed by atoms with van der Waals surface area (Å²) in [5.41, 5.74) is 6.27. The number of fused-ring (bicyclic) bond motifs is 3. The van der Waals surface area contributed by atoms with E-state index in [1.165, 1.54) is 21.8 Å². The average Bonchev–Trinajstić information content (AvgIpc) is 3.32. The van der Waals surface area contributed by atoms with Gasteiger partial charge in [-0.25, -0.2) is 15.0 Å². The molecule has 7 aromatic rings. The van der Waals surface area contributed by atoms with Crippen LogP contribution in [-0.2, 0) is 0 Å². The van der Waals surface area contributed by atoms with E-state index in [2.05, 4.69) is 77.4 Å². The van der Waals surface area contributed by atoms with Crippen LogP contribution in [-0.4, -0.2) is 19.5 Å². The molecule has 174 valence electrons. The number of hydrogen-bond acceptors (Lipinski definition) is 3. The molecule has 0 atom stereocenters. The first-order valence-corrected chi connectivity index (χ1v) is 12.3. The maximum atomic E-state index is 4.92. The van der Waals surface area contributed by atoms with Gasteiger partial charge in [0, 0.05) is 33.2 Å². The van der Waals surface area contributed by atoms with E-state index in [1.54, 1.807) is 0 Å². The van der Waals surface area contributed by atoms with Gasteiger partial charge in [-0.2, -0.15) is 0 Å². The summed E-state index contributed by atoms with van der Waals surface area (Å²) in [6, 6.07) is 45.7. The van der Waals surface area contributed by atoms with E-state index >= 15 is 0 Å². The van der Waals surface area contributed by atoms with Crippen LogP contribution in [0.3, 0.4) is 0 Å². The summed E-state index contributed by atoms with van der Waals surface area (Å²) in [7, 11) is 0. The van der Waals surface area contributed by atoms with Crippen LogP contribution in [0.4, 0.5) is 0 Å². The van der Waals surface area contributed by atoms with E-state index in [0.29, 0.717) is 17.5 Å². The number of aromatic nitrogens is 4. The Labute approximate surface area is 214 Å². The fourth-order valence-corrected chi connectivity index (χ4v) is 4.92. The molecule has 0 saturated carbocycles. The molecular weight excluding hydrogens is 452 g/mol. The van der Waals surface area contributed by atoms with E-state index in [0.717, 1.165) is 22.4 Å². The minimum atomic E-state index is 0.648. The summed E-state index contributed by atoms with van der Waals surface area (Å²) in [6.07, 6.45) is 0. The van der Waals surface area contributed by atoms with Crippen LogP contribution in [0.15, 0.2) is 133 Å². The summed E-state index contributed by atoms with van der Waals surface area (Å²) in [4.78, 5) is 14.7. The third-order valence-electron chi connectivity index (χ3n) is 6.64. The summed E-state index contributed by atoms with van der Waals surface area (Å²) in [5.74, 6) is 1.97. The van der Waals surface area contributed by atoms with Crippen molar-refractivity contribution < 1.29 is 0 Å². The Balaban J connectivity index is 1.44. The highest BCUT2D eigenvalue weighted by Gasteiger charge is 2.15. The lowest BCUT2D eigenvalue weighted by molar-refractivity contribution is 1.07. The fraction of sp³-hybridized carbons (Fsp3) is 0. The highest BCUT2D eigenvalue weighted by molar-refractivity contribution is 6.09. The van der Waals surface area contributed by atoms with E-state index in [-0.39, 0.29) is 0 Å². The van der Waals surface area contributed by atoms with Crippen molar-refractivity contribution >= 4 is 21.8 Å². The van der Waals surface area contributed by atoms with E-state index in [9.17, 15) is 0 Å². The van der Waals surface area contributed by atoms with Gasteiger partial charge in [-0.3, -0.25) is 0 Å². The van der Waals surface area contributed by atoms with Gasteiger partial charge in [0.05, 0.1) is 11.0 Å². The van der Waals surface area contributed by atoms with Crippen molar-refractivity contribution in [3.8, 4) is 39.9 Å². The van der Waals surface area contributed by atoms with Crippen molar-refractivity contribution in [2.75, 3.05) is 0 Å².